The molecular formula is C21H28FNO3S. The van der Waals surface area contributed by atoms with E-state index in [1.54, 1.807) is 6.07 Å². The summed E-state index contributed by atoms with van der Waals surface area (Å²) in [5.41, 5.74) is 7.77. The van der Waals surface area contributed by atoms with Gasteiger partial charge >= 0.3 is 0 Å². The van der Waals surface area contributed by atoms with Crippen LogP contribution >= 0.6 is 11.8 Å². The van der Waals surface area contributed by atoms with Crippen LogP contribution in [0.2, 0.25) is 0 Å². The van der Waals surface area contributed by atoms with Crippen LogP contribution in [-0.4, -0.2) is 26.1 Å². The highest BCUT2D eigenvalue weighted by molar-refractivity contribution is 7.99. The highest BCUT2D eigenvalue weighted by Crippen LogP contribution is 2.38. The standard InChI is InChI=1S/C12H17NO2S.C9H11FO/c1-2-3-14-10-7-11-12(6-9(10)8-13)16-5-4-15-11;1-3-7-4-5-9(11-2)8(10)6-7/h6-7H,2-5,8,13H2,1H3;4-6H,3H2,1-2H3. The van der Waals surface area contributed by atoms with E-state index in [9.17, 15) is 4.39 Å². The third-order valence-electron chi connectivity index (χ3n) is 4.03. The van der Waals surface area contributed by atoms with Gasteiger partial charge in [-0.3, -0.25) is 0 Å². The van der Waals surface area contributed by atoms with Crippen LogP contribution < -0.4 is 19.9 Å². The summed E-state index contributed by atoms with van der Waals surface area (Å²) in [5.74, 6) is 2.82. The maximum Gasteiger partial charge on any atom is 0.165 e. The second-order valence-corrected chi connectivity index (χ2v) is 7.12. The summed E-state index contributed by atoms with van der Waals surface area (Å²) < 4.78 is 29.0. The Morgan fingerprint density at radius 2 is 2.00 bits per heavy atom. The van der Waals surface area contributed by atoms with E-state index in [4.69, 9.17) is 19.9 Å². The van der Waals surface area contributed by atoms with E-state index in [2.05, 4.69) is 13.0 Å². The van der Waals surface area contributed by atoms with E-state index < -0.39 is 0 Å². The number of thioether (sulfide) groups is 1. The number of halogens is 1. The Balaban J connectivity index is 0.000000208. The molecule has 1 aliphatic rings. The molecule has 0 aromatic heterocycles. The van der Waals surface area contributed by atoms with Gasteiger partial charge in [-0.05, 0) is 36.6 Å². The van der Waals surface area contributed by atoms with Crippen molar-refractivity contribution in [3.63, 3.8) is 0 Å². The highest BCUT2D eigenvalue weighted by Gasteiger charge is 2.15. The molecule has 0 radical (unpaired) electrons. The normalized spacial score (nSPS) is 12.3. The van der Waals surface area contributed by atoms with Crippen molar-refractivity contribution in [3.05, 3.63) is 47.3 Å². The smallest absolute Gasteiger partial charge is 0.165 e. The van der Waals surface area contributed by atoms with Crippen molar-refractivity contribution in [3.8, 4) is 17.2 Å². The number of fused-ring (bicyclic) bond motifs is 1. The fourth-order valence-electron chi connectivity index (χ4n) is 2.55. The molecule has 2 N–H and O–H groups in total. The Morgan fingerprint density at radius 1 is 1.19 bits per heavy atom. The van der Waals surface area contributed by atoms with Crippen molar-refractivity contribution < 1.29 is 18.6 Å². The van der Waals surface area contributed by atoms with E-state index in [0.29, 0.717) is 12.3 Å². The second-order valence-electron chi connectivity index (χ2n) is 5.98. The van der Waals surface area contributed by atoms with Crippen molar-refractivity contribution in [2.24, 2.45) is 5.73 Å². The zero-order valence-electron chi connectivity index (χ0n) is 16.2. The number of benzene rings is 2. The molecule has 0 aliphatic carbocycles. The molecule has 148 valence electrons. The molecular weight excluding hydrogens is 365 g/mol. The molecule has 0 atom stereocenters. The van der Waals surface area contributed by atoms with E-state index in [1.165, 1.54) is 18.1 Å². The number of rotatable bonds is 6. The molecule has 0 fully saturated rings. The molecule has 0 unspecified atom stereocenters. The fourth-order valence-corrected chi connectivity index (χ4v) is 3.42. The molecule has 0 saturated carbocycles. The Bertz CT molecular complexity index is 740. The summed E-state index contributed by atoms with van der Waals surface area (Å²) in [6.07, 6.45) is 1.84. The lowest BCUT2D eigenvalue weighted by Crippen LogP contribution is -2.09. The third kappa shape index (κ3) is 6.04. The molecule has 3 rings (SSSR count). The van der Waals surface area contributed by atoms with Crippen molar-refractivity contribution in [2.75, 3.05) is 26.1 Å². The summed E-state index contributed by atoms with van der Waals surface area (Å²) >= 11 is 1.81. The van der Waals surface area contributed by atoms with Gasteiger partial charge in [-0.15, -0.1) is 11.8 Å². The summed E-state index contributed by atoms with van der Waals surface area (Å²) in [5, 5.41) is 0. The summed E-state index contributed by atoms with van der Waals surface area (Å²) in [6.45, 7) is 6.08. The maximum absolute atomic E-state index is 12.9. The topological polar surface area (TPSA) is 53.7 Å². The van der Waals surface area contributed by atoms with Gasteiger partial charge in [0.2, 0.25) is 0 Å². The third-order valence-corrected chi connectivity index (χ3v) is 5.03. The molecule has 0 saturated heterocycles. The minimum absolute atomic E-state index is 0.285. The molecule has 0 bridgehead atoms. The molecule has 2 aromatic carbocycles. The van der Waals surface area contributed by atoms with E-state index in [0.717, 1.165) is 54.4 Å². The zero-order valence-corrected chi connectivity index (χ0v) is 17.0. The minimum Gasteiger partial charge on any atom is -0.494 e. The van der Waals surface area contributed by atoms with Gasteiger partial charge in [0, 0.05) is 23.9 Å². The van der Waals surface area contributed by atoms with Gasteiger partial charge in [-0.25, -0.2) is 4.39 Å². The SMILES string of the molecule is CCCOc1cc2c(cc1CN)SCCO2.CCc1ccc(OC)c(F)c1. The van der Waals surface area contributed by atoms with Gasteiger partial charge in [0.15, 0.2) is 11.6 Å². The van der Waals surface area contributed by atoms with Gasteiger partial charge in [-0.1, -0.05) is 19.9 Å². The number of hydrogen-bond donors (Lipinski definition) is 1. The van der Waals surface area contributed by atoms with Crippen LogP contribution in [0.25, 0.3) is 0 Å². The number of ether oxygens (including phenoxy) is 3. The van der Waals surface area contributed by atoms with Gasteiger partial charge in [0.25, 0.3) is 0 Å². The van der Waals surface area contributed by atoms with Crippen molar-refractivity contribution >= 4 is 11.8 Å². The molecule has 4 nitrogen and oxygen atoms in total. The lowest BCUT2D eigenvalue weighted by atomic mass is 10.1. The highest BCUT2D eigenvalue weighted by atomic mass is 32.2. The summed E-state index contributed by atoms with van der Waals surface area (Å²) in [4.78, 5) is 1.18. The average Bonchev–Trinajstić information content (AvgIpc) is 2.71. The van der Waals surface area contributed by atoms with Crippen molar-refractivity contribution in [1.82, 2.24) is 0 Å². The Labute approximate surface area is 165 Å². The van der Waals surface area contributed by atoms with Crippen LogP contribution in [0.1, 0.15) is 31.4 Å². The number of nitrogens with two attached hydrogens (primary N) is 1. The van der Waals surface area contributed by atoms with Crippen molar-refractivity contribution in [2.45, 2.75) is 38.1 Å². The van der Waals surface area contributed by atoms with E-state index >= 15 is 0 Å². The zero-order chi connectivity index (χ0) is 19.6. The largest absolute Gasteiger partial charge is 0.494 e. The van der Waals surface area contributed by atoms with E-state index in [-0.39, 0.29) is 5.82 Å². The monoisotopic (exact) mass is 393 g/mol. The summed E-state index contributed by atoms with van der Waals surface area (Å²) in [7, 11) is 1.46. The van der Waals surface area contributed by atoms with Crippen LogP contribution in [0.15, 0.2) is 35.2 Å². The first-order chi connectivity index (χ1) is 13.1. The maximum atomic E-state index is 12.9. The van der Waals surface area contributed by atoms with Crippen LogP contribution in [0.4, 0.5) is 4.39 Å². The molecule has 2 aromatic rings. The van der Waals surface area contributed by atoms with Crippen LogP contribution in [0.3, 0.4) is 0 Å². The fraction of sp³-hybridized carbons (Fsp3) is 0.429. The molecule has 0 spiro atoms. The first-order valence-corrected chi connectivity index (χ1v) is 10.2. The van der Waals surface area contributed by atoms with Gasteiger partial charge in [0.05, 0.1) is 25.2 Å². The first kappa shape index (κ1) is 21.4. The van der Waals surface area contributed by atoms with Gasteiger partial charge in [-0.2, -0.15) is 0 Å². The Morgan fingerprint density at radius 3 is 2.63 bits per heavy atom. The Kier molecular flexibility index (Phi) is 8.75. The Hall–Kier alpha value is -1.92. The van der Waals surface area contributed by atoms with Crippen LogP contribution in [0.5, 0.6) is 17.2 Å². The number of aryl methyl sites for hydroxylation is 1. The van der Waals surface area contributed by atoms with Crippen LogP contribution in [0, 0.1) is 5.82 Å². The van der Waals surface area contributed by atoms with Crippen LogP contribution in [-0.2, 0) is 13.0 Å². The molecule has 1 aliphatic heterocycles. The lowest BCUT2D eigenvalue weighted by Gasteiger charge is -2.19. The first-order valence-electron chi connectivity index (χ1n) is 9.20. The quantitative estimate of drug-likeness (QED) is 0.763. The van der Waals surface area contributed by atoms with E-state index in [1.807, 2.05) is 30.8 Å². The minimum atomic E-state index is -0.285. The van der Waals surface area contributed by atoms with Gasteiger partial charge in [0.1, 0.15) is 11.5 Å². The summed E-state index contributed by atoms with van der Waals surface area (Å²) in [6, 6.07) is 9.07. The lowest BCUT2D eigenvalue weighted by molar-refractivity contribution is 0.302. The predicted octanol–water partition coefficient (Wildman–Crippen LogP) is 4.82. The molecule has 1 heterocycles. The second kappa shape index (κ2) is 11.0. The molecule has 6 heteroatoms. The average molecular weight is 394 g/mol. The molecule has 0 amide bonds. The molecule has 27 heavy (non-hydrogen) atoms. The number of hydrogen-bond acceptors (Lipinski definition) is 5. The predicted molar refractivity (Wildman–Crippen MR) is 109 cm³/mol. The van der Waals surface area contributed by atoms with Gasteiger partial charge < -0.3 is 19.9 Å². The number of methoxy groups -OCH3 is 1. The van der Waals surface area contributed by atoms with Crippen molar-refractivity contribution in [1.29, 1.82) is 0 Å².